The summed E-state index contributed by atoms with van der Waals surface area (Å²) < 4.78 is 5.48. The Hall–Kier alpha value is -1.10. The summed E-state index contributed by atoms with van der Waals surface area (Å²) in [7, 11) is 0. The second kappa shape index (κ2) is 6.34. The highest BCUT2D eigenvalue weighted by molar-refractivity contribution is 5.54. The molecular weight excluding hydrogens is 262 g/mol. The van der Waals surface area contributed by atoms with Gasteiger partial charge in [0, 0.05) is 50.5 Å². The molecule has 2 aliphatic heterocycles. The quantitative estimate of drug-likeness (QED) is 0.917. The fourth-order valence-electron chi connectivity index (χ4n) is 3.38. The van der Waals surface area contributed by atoms with Gasteiger partial charge in [0.1, 0.15) is 0 Å². The minimum absolute atomic E-state index is 0.214. The average molecular weight is 289 g/mol. The molecule has 2 aliphatic rings. The number of para-hydroxylation sites is 1. The first kappa shape index (κ1) is 14.8. The molecule has 0 unspecified atom stereocenters. The van der Waals surface area contributed by atoms with E-state index in [0.717, 1.165) is 52.5 Å². The fourth-order valence-corrected chi connectivity index (χ4v) is 3.38. The van der Waals surface area contributed by atoms with Crippen LogP contribution in [-0.2, 0) is 11.3 Å². The van der Waals surface area contributed by atoms with E-state index < -0.39 is 0 Å². The van der Waals surface area contributed by atoms with Crippen molar-refractivity contribution in [1.29, 1.82) is 0 Å². The zero-order valence-electron chi connectivity index (χ0n) is 13.3. The van der Waals surface area contributed by atoms with E-state index >= 15 is 0 Å². The number of morpholine rings is 1. The number of hydrogen-bond acceptors (Lipinski definition) is 4. The first-order valence-corrected chi connectivity index (χ1v) is 8.02. The zero-order valence-corrected chi connectivity index (χ0v) is 13.3. The van der Waals surface area contributed by atoms with Crippen LogP contribution in [0.4, 0.5) is 5.69 Å². The highest BCUT2D eigenvalue weighted by Gasteiger charge is 2.26. The van der Waals surface area contributed by atoms with Crippen molar-refractivity contribution < 1.29 is 4.74 Å². The second-order valence-corrected chi connectivity index (χ2v) is 6.75. The summed E-state index contributed by atoms with van der Waals surface area (Å²) in [6.45, 7) is 12.6. The van der Waals surface area contributed by atoms with Gasteiger partial charge in [0.25, 0.3) is 0 Å². The van der Waals surface area contributed by atoms with Gasteiger partial charge in [0.15, 0.2) is 0 Å². The van der Waals surface area contributed by atoms with Crippen LogP contribution in [0, 0.1) is 0 Å². The van der Waals surface area contributed by atoms with E-state index in [0.29, 0.717) is 0 Å². The SMILES string of the molecule is CC1(C)CN(Cc2ccccc2N2CCOCC2)CCN1. The van der Waals surface area contributed by atoms with Crippen molar-refractivity contribution in [2.75, 3.05) is 50.8 Å². The molecule has 0 amide bonds. The lowest BCUT2D eigenvalue weighted by Crippen LogP contribution is -2.56. The molecule has 0 spiro atoms. The number of hydrogen-bond donors (Lipinski definition) is 1. The fraction of sp³-hybridized carbons (Fsp3) is 0.647. The van der Waals surface area contributed by atoms with Crippen LogP contribution in [0.5, 0.6) is 0 Å². The van der Waals surface area contributed by atoms with Crippen molar-refractivity contribution in [1.82, 2.24) is 10.2 Å². The van der Waals surface area contributed by atoms with Crippen LogP contribution >= 0.6 is 0 Å². The Kier molecular flexibility index (Phi) is 4.48. The minimum Gasteiger partial charge on any atom is -0.378 e. The second-order valence-electron chi connectivity index (χ2n) is 6.75. The van der Waals surface area contributed by atoms with Gasteiger partial charge in [-0.25, -0.2) is 0 Å². The third-order valence-corrected chi connectivity index (χ3v) is 4.39. The van der Waals surface area contributed by atoms with Crippen molar-refractivity contribution in [3.05, 3.63) is 29.8 Å². The van der Waals surface area contributed by atoms with E-state index in [9.17, 15) is 0 Å². The van der Waals surface area contributed by atoms with E-state index in [1.165, 1.54) is 11.3 Å². The molecule has 1 aromatic rings. The summed E-state index contributed by atoms with van der Waals surface area (Å²) in [6, 6.07) is 8.84. The largest absolute Gasteiger partial charge is 0.378 e. The Morgan fingerprint density at radius 1 is 1.14 bits per heavy atom. The molecule has 3 rings (SSSR count). The van der Waals surface area contributed by atoms with Crippen molar-refractivity contribution in [2.45, 2.75) is 25.9 Å². The molecule has 4 heteroatoms. The van der Waals surface area contributed by atoms with Gasteiger partial charge in [0.05, 0.1) is 13.2 Å². The van der Waals surface area contributed by atoms with Crippen LogP contribution in [0.3, 0.4) is 0 Å². The summed E-state index contributed by atoms with van der Waals surface area (Å²) in [6.07, 6.45) is 0. The Bertz CT molecular complexity index is 469. The van der Waals surface area contributed by atoms with Crippen LogP contribution in [0.1, 0.15) is 19.4 Å². The molecule has 21 heavy (non-hydrogen) atoms. The number of ether oxygens (including phenoxy) is 1. The van der Waals surface area contributed by atoms with Gasteiger partial charge in [0.2, 0.25) is 0 Å². The molecule has 1 aromatic carbocycles. The standard InChI is InChI=1S/C17H27N3O/c1-17(2)14-19(8-7-18-17)13-15-5-3-4-6-16(15)20-9-11-21-12-10-20/h3-6,18H,7-14H2,1-2H3. The molecular formula is C17H27N3O. The molecule has 0 radical (unpaired) electrons. The van der Waals surface area contributed by atoms with Gasteiger partial charge in [-0.15, -0.1) is 0 Å². The highest BCUT2D eigenvalue weighted by atomic mass is 16.5. The summed E-state index contributed by atoms with van der Waals surface area (Å²) in [5.74, 6) is 0. The number of anilines is 1. The minimum atomic E-state index is 0.214. The topological polar surface area (TPSA) is 27.7 Å². The van der Waals surface area contributed by atoms with E-state index in [-0.39, 0.29) is 5.54 Å². The molecule has 0 aliphatic carbocycles. The van der Waals surface area contributed by atoms with Crippen LogP contribution in [0.15, 0.2) is 24.3 Å². The predicted molar refractivity (Wildman–Crippen MR) is 86.8 cm³/mol. The number of nitrogens with zero attached hydrogens (tertiary/aromatic N) is 2. The lowest BCUT2D eigenvalue weighted by molar-refractivity contribution is 0.122. The normalized spacial score (nSPS) is 23.2. The van der Waals surface area contributed by atoms with Gasteiger partial charge in [-0.3, -0.25) is 4.90 Å². The van der Waals surface area contributed by atoms with E-state index in [1.54, 1.807) is 0 Å². The molecule has 0 aromatic heterocycles. The van der Waals surface area contributed by atoms with E-state index in [4.69, 9.17) is 4.74 Å². The summed E-state index contributed by atoms with van der Waals surface area (Å²) in [4.78, 5) is 5.03. The first-order valence-electron chi connectivity index (χ1n) is 8.02. The Morgan fingerprint density at radius 2 is 1.90 bits per heavy atom. The summed E-state index contributed by atoms with van der Waals surface area (Å²) in [5, 5.41) is 3.58. The Balaban J connectivity index is 1.73. The van der Waals surface area contributed by atoms with Crippen molar-refractivity contribution in [2.24, 2.45) is 0 Å². The number of nitrogens with one attached hydrogen (secondary N) is 1. The lowest BCUT2D eigenvalue weighted by atomic mass is 10.0. The van der Waals surface area contributed by atoms with Crippen LogP contribution in [0.25, 0.3) is 0 Å². The van der Waals surface area contributed by atoms with Gasteiger partial charge in [-0.1, -0.05) is 18.2 Å². The molecule has 2 fully saturated rings. The number of benzene rings is 1. The zero-order chi connectivity index (χ0) is 14.7. The van der Waals surface area contributed by atoms with E-state index in [2.05, 4.69) is 53.2 Å². The first-order chi connectivity index (χ1) is 10.1. The smallest absolute Gasteiger partial charge is 0.0642 e. The third-order valence-electron chi connectivity index (χ3n) is 4.39. The highest BCUT2D eigenvalue weighted by Crippen LogP contribution is 2.24. The van der Waals surface area contributed by atoms with E-state index in [1.807, 2.05) is 0 Å². The lowest BCUT2D eigenvalue weighted by Gasteiger charge is -2.40. The van der Waals surface area contributed by atoms with Gasteiger partial charge in [-0.05, 0) is 25.5 Å². The molecule has 116 valence electrons. The van der Waals surface area contributed by atoms with Crippen LogP contribution < -0.4 is 10.2 Å². The average Bonchev–Trinajstić information content (AvgIpc) is 2.48. The molecule has 4 nitrogen and oxygen atoms in total. The van der Waals surface area contributed by atoms with Gasteiger partial charge >= 0.3 is 0 Å². The maximum absolute atomic E-state index is 5.48. The predicted octanol–water partition coefficient (Wildman–Crippen LogP) is 1.71. The molecule has 0 atom stereocenters. The number of piperazine rings is 1. The number of rotatable bonds is 3. The van der Waals surface area contributed by atoms with Crippen LogP contribution in [0.2, 0.25) is 0 Å². The molecule has 1 N–H and O–H groups in total. The molecule has 0 bridgehead atoms. The monoisotopic (exact) mass is 289 g/mol. The van der Waals surface area contributed by atoms with Crippen molar-refractivity contribution in [3.63, 3.8) is 0 Å². The Labute approximate surface area is 128 Å². The van der Waals surface area contributed by atoms with Gasteiger partial charge < -0.3 is 15.0 Å². The van der Waals surface area contributed by atoms with Crippen molar-refractivity contribution >= 4 is 5.69 Å². The third kappa shape index (κ3) is 3.76. The maximum atomic E-state index is 5.48. The maximum Gasteiger partial charge on any atom is 0.0642 e. The summed E-state index contributed by atoms with van der Waals surface area (Å²) >= 11 is 0. The molecule has 2 saturated heterocycles. The van der Waals surface area contributed by atoms with Gasteiger partial charge in [-0.2, -0.15) is 0 Å². The molecule has 2 heterocycles. The van der Waals surface area contributed by atoms with Crippen LogP contribution in [-0.4, -0.2) is 56.4 Å². The summed E-state index contributed by atoms with van der Waals surface area (Å²) in [5.41, 5.74) is 3.04. The van der Waals surface area contributed by atoms with Crippen molar-refractivity contribution in [3.8, 4) is 0 Å². The molecule has 0 saturated carbocycles. The Morgan fingerprint density at radius 3 is 2.67 bits per heavy atom.